The van der Waals surface area contributed by atoms with E-state index in [1.54, 1.807) is 11.1 Å². The third-order valence-corrected chi connectivity index (χ3v) is 6.92. The molecular formula is C26H39N5O5. The number of benzene rings is 1. The molecule has 0 unspecified atom stereocenters. The summed E-state index contributed by atoms with van der Waals surface area (Å²) in [5, 5.41) is 18.0. The number of fused-ring (bicyclic) bond motifs is 2. The summed E-state index contributed by atoms with van der Waals surface area (Å²) in [6.45, 7) is 8.08. The highest BCUT2D eigenvalue weighted by Gasteiger charge is 2.28. The van der Waals surface area contributed by atoms with E-state index < -0.39 is 0 Å². The highest BCUT2D eigenvalue weighted by molar-refractivity contribution is 5.76. The summed E-state index contributed by atoms with van der Waals surface area (Å²) in [5.41, 5.74) is 1.98. The van der Waals surface area contributed by atoms with Crippen molar-refractivity contribution in [1.82, 2.24) is 24.8 Å². The molecule has 2 aromatic rings. The second-order valence-corrected chi connectivity index (χ2v) is 9.95. The van der Waals surface area contributed by atoms with Crippen LogP contribution in [0.15, 0.2) is 24.4 Å². The molecule has 1 amide bonds. The van der Waals surface area contributed by atoms with Crippen LogP contribution in [0.2, 0.25) is 0 Å². The number of rotatable bonds is 6. The van der Waals surface area contributed by atoms with Crippen molar-refractivity contribution in [2.75, 3.05) is 40.0 Å². The van der Waals surface area contributed by atoms with Crippen molar-refractivity contribution in [3.8, 4) is 11.5 Å². The first-order valence-corrected chi connectivity index (χ1v) is 12.9. The number of carbonyl (C=O) groups is 1. The smallest absolute Gasteiger partial charge is 0.222 e. The van der Waals surface area contributed by atoms with Crippen LogP contribution in [-0.4, -0.2) is 87.9 Å². The number of amides is 1. The van der Waals surface area contributed by atoms with Crippen LogP contribution in [0, 0.1) is 5.92 Å². The van der Waals surface area contributed by atoms with Gasteiger partial charge in [-0.1, -0.05) is 24.3 Å². The van der Waals surface area contributed by atoms with E-state index in [4.69, 9.17) is 14.2 Å². The number of aryl methyl sites for hydroxylation is 1. The lowest BCUT2D eigenvalue weighted by atomic mass is 10.0. The molecule has 0 bridgehead atoms. The molecule has 10 nitrogen and oxygen atoms in total. The number of carbonyl (C=O) groups excluding carboxylic acids is 1. The summed E-state index contributed by atoms with van der Waals surface area (Å²) in [6, 6.07) is 5.77. The monoisotopic (exact) mass is 501 g/mol. The standard InChI is InChI=1S/C26H39N5O5/c1-19-14-30(20(2)17-32)25(33)9-5-10-31-22(13-27-28-31)18-36-24(19)16-29(3)15-21-7-4-8-23-26(21)35-12-6-11-34-23/h4,7-8,13,19-20,24,32H,5-6,9-12,14-18H2,1-3H3/t19-,20+,24-/m0/s1. The number of hydrogen-bond acceptors (Lipinski definition) is 8. The van der Waals surface area contributed by atoms with Gasteiger partial charge in [-0.3, -0.25) is 9.69 Å². The number of ether oxygens (including phenoxy) is 3. The lowest BCUT2D eigenvalue weighted by molar-refractivity contribution is -0.136. The number of likely N-dealkylation sites (N-methyl/N-ethyl adjacent to an activating group) is 1. The van der Waals surface area contributed by atoms with Gasteiger partial charge < -0.3 is 24.2 Å². The van der Waals surface area contributed by atoms with Crippen LogP contribution in [0.1, 0.15) is 44.4 Å². The van der Waals surface area contributed by atoms with Gasteiger partial charge in [-0.25, -0.2) is 4.68 Å². The second-order valence-electron chi connectivity index (χ2n) is 9.95. The van der Waals surface area contributed by atoms with Gasteiger partial charge in [0.1, 0.15) is 0 Å². The molecule has 4 rings (SSSR count). The number of nitrogens with zero attached hydrogens (tertiary/aromatic N) is 5. The van der Waals surface area contributed by atoms with Crippen molar-refractivity contribution in [2.24, 2.45) is 5.92 Å². The van der Waals surface area contributed by atoms with E-state index in [0.717, 1.165) is 29.2 Å². The van der Waals surface area contributed by atoms with E-state index in [1.807, 2.05) is 23.7 Å². The maximum absolute atomic E-state index is 13.1. The highest BCUT2D eigenvalue weighted by Crippen LogP contribution is 2.34. The topological polar surface area (TPSA) is 102 Å². The van der Waals surface area contributed by atoms with Crippen molar-refractivity contribution < 1.29 is 24.1 Å². The van der Waals surface area contributed by atoms with Gasteiger partial charge in [0.05, 0.1) is 50.5 Å². The lowest BCUT2D eigenvalue weighted by Crippen LogP contribution is -2.47. The van der Waals surface area contributed by atoms with Gasteiger partial charge in [0.25, 0.3) is 0 Å². The Bertz CT molecular complexity index is 999. The van der Waals surface area contributed by atoms with Crippen LogP contribution in [0.3, 0.4) is 0 Å². The number of hydrogen-bond donors (Lipinski definition) is 1. The van der Waals surface area contributed by atoms with Crippen molar-refractivity contribution in [2.45, 2.75) is 65.0 Å². The van der Waals surface area contributed by atoms with Crippen molar-refractivity contribution in [3.05, 3.63) is 35.7 Å². The molecule has 0 saturated carbocycles. The molecule has 2 aliphatic rings. The fourth-order valence-corrected chi connectivity index (χ4v) is 4.79. The molecule has 0 aliphatic carbocycles. The number of para-hydroxylation sites is 1. The minimum Gasteiger partial charge on any atom is -0.490 e. The van der Waals surface area contributed by atoms with Crippen LogP contribution in [-0.2, 0) is 29.2 Å². The Morgan fingerprint density at radius 2 is 2.08 bits per heavy atom. The number of aliphatic hydroxyl groups is 1. The molecule has 0 radical (unpaired) electrons. The number of aromatic nitrogens is 3. The summed E-state index contributed by atoms with van der Waals surface area (Å²) in [7, 11) is 2.06. The fourth-order valence-electron chi connectivity index (χ4n) is 4.79. The summed E-state index contributed by atoms with van der Waals surface area (Å²) in [6.07, 6.45) is 3.51. The van der Waals surface area contributed by atoms with Gasteiger partial charge in [-0.05, 0) is 26.5 Å². The summed E-state index contributed by atoms with van der Waals surface area (Å²) < 4.78 is 20.1. The molecule has 1 aromatic carbocycles. The minimum absolute atomic E-state index is 0.0432. The Morgan fingerprint density at radius 1 is 1.25 bits per heavy atom. The Hall–Kier alpha value is -2.69. The minimum atomic E-state index is -0.250. The van der Waals surface area contributed by atoms with E-state index >= 15 is 0 Å². The van der Waals surface area contributed by atoms with Gasteiger partial charge in [-0.15, -0.1) is 5.10 Å². The zero-order valence-corrected chi connectivity index (χ0v) is 21.6. The molecule has 36 heavy (non-hydrogen) atoms. The van der Waals surface area contributed by atoms with Gasteiger partial charge in [0, 0.05) is 50.5 Å². The van der Waals surface area contributed by atoms with Crippen molar-refractivity contribution >= 4 is 5.91 Å². The first-order chi connectivity index (χ1) is 17.5. The summed E-state index contributed by atoms with van der Waals surface area (Å²) in [4.78, 5) is 17.1. The second kappa shape index (κ2) is 12.5. The molecule has 1 N–H and O–H groups in total. The largest absolute Gasteiger partial charge is 0.490 e. The summed E-state index contributed by atoms with van der Waals surface area (Å²) >= 11 is 0. The van der Waals surface area contributed by atoms with Gasteiger partial charge in [-0.2, -0.15) is 0 Å². The Kier molecular flexibility index (Phi) is 9.17. The average molecular weight is 502 g/mol. The molecule has 2 aliphatic heterocycles. The van der Waals surface area contributed by atoms with Gasteiger partial charge >= 0.3 is 0 Å². The van der Waals surface area contributed by atoms with Gasteiger partial charge in [0.15, 0.2) is 11.5 Å². The molecule has 198 valence electrons. The van der Waals surface area contributed by atoms with Crippen LogP contribution in [0.4, 0.5) is 0 Å². The average Bonchev–Trinajstić information content (AvgIpc) is 3.16. The van der Waals surface area contributed by atoms with Crippen LogP contribution in [0.25, 0.3) is 0 Å². The molecule has 3 atom stereocenters. The van der Waals surface area contributed by atoms with E-state index in [1.165, 1.54) is 0 Å². The van der Waals surface area contributed by atoms with Crippen LogP contribution >= 0.6 is 0 Å². The van der Waals surface area contributed by atoms with E-state index in [2.05, 4.69) is 35.2 Å². The zero-order chi connectivity index (χ0) is 25.5. The SMILES string of the molecule is C[C@H](CO)N1C[C@H](C)[C@H](CN(C)Cc2cccc3c2OCCCO3)OCc2cnnn2CCCC1=O. The first kappa shape index (κ1) is 26.4. The molecule has 0 fully saturated rings. The Balaban J connectivity index is 1.51. The third kappa shape index (κ3) is 6.54. The molecule has 0 saturated heterocycles. The fraction of sp³-hybridized carbons (Fsp3) is 0.654. The highest BCUT2D eigenvalue weighted by atomic mass is 16.5. The normalized spacial score (nSPS) is 22.4. The van der Waals surface area contributed by atoms with Crippen LogP contribution in [0.5, 0.6) is 11.5 Å². The Labute approximate surface area is 213 Å². The van der Waals surface area contributed by atoms with E-state index in [0.29, 0.717) is 58.8 Å². The number of aliphatic hydroxyl groups excluding tert-OH is 1. The predicted molar refractivity (Wildman–Crippen MR) is 134 cm³/mol. The molecule has 0 spiro atoms. The molecule has 3 heterocycles. The lowest BCUT2D eigenvalue weighted by Gasteiger charge is -2.35. The quantitative estimate of drug-likeness (QED) is 0.642. The van der Waals surface area contributed by atoms with Gasteiger partial charge in [0.2, 0.25) is 5.91 Å². The van der Waals surface area contributed by atoms with Crippen molar-refractivity contribution in [3.63, 3.8) is 0 Å². The Morgan fingerprint density at radius 3 is 2.92 bits per heavy atom. The molecular weight excluding hydrogens is 462 g/mol. The van der Waals surface area contributed by atoms with Crippen molar-refractivity contribution in [1.29, 1.82) is 0 Å². The zero-order valence-electron chi connectivity index (χ0n) is 21.6. The predicted octanol–water partition coefficient (Wildman–Crippen LogP) is 2.10. The molecule has 10 heteroatoms. The van der Waals surface area contributed by atoms with E-state index in [9.17, 15) is 9.90 Å². The van der Waals surface area contributed by atoms with E-state index in [-0.39, 0.29) is 30.6 Å². The maximum atomic E-state index is 13.1. The van der Waals surface area contributed by atoms with Crippen LogP contribution < -0.4 is 9.47 Å². The summed E-state index contributed by atoms with van der Waals surface area (Å²) in [5.74, 6) is 1.70. The maximum Gasteiger partial charge on any atom is 0.222 e. The third-order valence-electron chi connectivity index (χ3n) is 6.92. The molecule has 1 aromatic heterocycles. The first-order valence-electron chi connectivity index (χ1n) is 12.9.